The number of benzene rings is 2. The molecule has 1 fully saturated rings. The van der Waals surface area contributed by atoms with Crippen molar-refractivity contribution >= 4 is 33.0 Å². The van der Waals surface area contributed by atoms with Crippen molar-refractivity contribution in [2.24, 2.45) is 0 Å². The number of para-hydroxylation sites is 1. The van der Waals surface area contributed by atoms with Gasteiger partial charge in [0.15, 0.2) is 0 Å². The van der Waals surface area contributed by atoms with Crippen molar-refractivity contribution in [1.82, 2.24) is 14.6 Å². The minimum atomic E-state index is -0.298. The standard InChI is InChI=1S/C20H16FN5OS/c21-14-8-6-13(7-9-14)17-12-26-20(23-17)28-19(24-26)22-16-10-11-25(18(16)27)15-4-2-1-3-5-15/h1-9,12,16H,10-11H2,(H,22,24). The van der Waals surface area contributed by atoms with E-state index in [1.165, 1.54) is 23.5 Å². The van der Waals surface area contributed by atoms with Gasteiger partial charge < -0.3 is 10.2 Å². The summed E-state index contributed by atoms with van der Waals surface area (Å²) in [5, 5.41) is 8.38. The fourth-order valence-corrected chi connectivity index (χ4v) is 4.18. The van der Waals surface area contributed by atoms with E-state index in [1.807, 2.05) is 30.3 Å². The molecule has 1 aliphatic heterocycles. The molecule has 4 aromatic rings. The Hall–Kier alpha value is -3.26. The molecule has 5 rings (SSSR count). The molecule has 6 nitrogen and oxygen atoms in total. The molecular formula is C20H16FN5OS. The van der Waals surface area contributed by atoms with Crippen LogP contribution in [0.1, 0.15) is 6.42 Å². The first-order chi connectivity index (χ1) is 13.7. The Bertz CT molecular complexity index is 1110. The number of amides is 1. The van der Waals surface area contributed by atoms with Crippen LogP contribution in [0.3, 0.4) is 0 Å². The second kappa shape index (κ2) is 6.72. The van der Waals surface area contributed by atoms with Gasteiger partial charge in [-0.25, -0.2) is 13.9 Å². The fourth-order valence-electron chi connectivity index (χ4n) is 3.35. The molecule has 0 radical (unpaired) electrons. The summed E-state index contributed by atoms with van der Waals surface area (Å²) in [5.41, 5.74) is 2.48. The molecule has 0 spiro atoms. The lowest BCUT2D eigenvalue weighted by Gasteiger charge is -2.16. The van der Waals surface area contributed by atoms with E-state index in [-0.39, 0.29) is 17.8 Å². The Kier molecular flexibility index (Phi) is 4.05. The highest BCUT2D eigenvalue weighted by Gasteiger charge is 2.33. The van der Waals surface area contributed by atoms with Crippen molar-refractivity contribution in [2.45, 2.75) is 12.5 Å². The van der Waals surface area contributed by atoms with Gasteiger partial charge in [-0.3, -0.25) is 4.79 Å². The Morgan fingerprint density at radius 1 is 1.11 bits per heavy atom. The van der Waals surface area contributed by atoms with E-state index in [0.29, 0.717) is 16.6 Å². The molecule has 0 aliphatic carbocycles. The third kappa shape index (κ3) is 3.01. The number of hydrogen-bond acceptors (Lipinski definition) is 5. The van der Waals surface area contributed by atoms with Crippen LogP contribution in [0, 0.1) is 5.82 Å². The summed E-state index contributed by atoms with van der Waals surface area (Å²) < 4.78 is 14.8. The van der Waals surface area contributed by atoms with Crippen LogP contribution in [0.15, 0.2) is 60.8 Å². The van der Waals surface area contributed by atoms with Crippen molar-refractivity contribution in [3.8, 4) is 11.3 Å². The summed E-state index contributed by atoms with van der Waals surface area (Å²) in [6.07, 6.45) is 2.52. The smallest absolute Gasteiger partial charge is 0.249 e. The van der Waals surface area contributed by atoms with Crippen molar-refractivity contribution in [2.75, 3.05) is 16.8 Å². The summed E-state index contributed by atoms with van der Waals surface area (Å²) >= 11 is 1.39. The molecule has 0 bridgehead atoms. The summed E-state index contributed by atoms with van der Waals surface area (Å²) in [7, 11) is 0. The normalized spacial score (nSPS) is 16.8. The van der Waals surface area contributed by atoms with Gasteiger partial charge in [0.2, 0.25) is 16.0 Å². The third-order valence-electron chi connectivity index (χ3n) is 4.75. The Labute approximate surface area is 164 Å². The Morgan fingerprint density at radius 2 is 1.89 bits per heavy atom. The van der Waals surface area contributed by atoms with Gasteiger partial charge in [-0.05, 0) is 42.8 Å². The average Bonchev–Trinajstić information content (AvgIpc) is 3.37. The molecule has 1 atom stereocenters. The van der Waals surface area contributed by atoms with Crippen molar-refractivity contribution in [1.29, 1.82) is 0 Å². The lowest BCUT2D eigenvalue weighted by Crippen LogP contribution is -2.33. The summed E-state index contributed by atoms with van der Waals surface area (Å²) in [5.74, 6) is -0.230. The lowest BCUT2D eigenvalue weighted by atomic mass is 10.2. The van der Waals surface area contributed by atoms with Crippen LogP contribution in [0.2, 0.25) is 0 Å². The molecule has 3 heterocycles. The zero-order chi connectivity index (χ0) is 19.1. The molecule has 8 heteroatoms. The van der Waals surface area contributed by atoms with Crippen molar-refractivity contribution in [3.05, 3.63) is 66.6 Å². The number of anilines is 2. The van der Waals surface area contributed by atoms with E-state index in [1.54, 1.807) is 27.7 Å². The highest BCUT2D eigenvalue weighted by Crippen LogP contribution is 2.27. The quantitative estimate of drug-likeness (QED) is 0.573. The van der Waals surface area contributed by atoms with Crippen LogP contribution < -0.4 is 10.2 Å². The molecule has 0 saturated carbocycles. The third-order valence-corrected chi connectivity index (χ3v) is 5.61. The SMILES string of the molecule is O=C1C(Nc2nn3cc(-c4ccc(F)cc4)nc3s2)CCN1c1ccccc1. The van der Waals surface area contributed by atoms with Crippen LogP contribution >= 0.6 is 11.3 Å². The number of carbonyl (C=O) groups excluding carboxylic acids is 1. The first-order valence-corrected chi connectivity index (χ1v) is 9.74. The maximum Gasteiger partial charge on any atom is 0.249 e. The minimum absolute atomic E-state index is 0.0473. The van der Waals surface area contributed by atoms with Gasteiger partial charge in [0.1, 0.15) is 11.9 Å². The van der Waals surface area contributed by atoms with Crippen molar-refractivity contribution in [3.63, 3.8) is 0 Å². The molecule has 1 N–H and O–H groups in total. The highest BCUT2D eigenvalue weighted by molar-refractivity contribution is 7.20. The van der Waals surface area contributed by atoms with E-state index < -0.39 is 0 Å². The van der Waals surface area contributed by atoms with Gasteiger partial charge in [-0.1, -0.05) is 29.5 Å². The molecule has 1 unspecified atom stereocenters. The lowest BCUT2D eigenvalue weighted by molar-refractivity contribution is -0.117. The molecule has 140 valence electrons. The van der Waals surface area contributed by atoms with E-state index in [9.17, 15) is 9.18 Å². The number of fused-ring (bicyclic) bond motifs is 1. The van der Waals surface area contributed by atoms with Gasteiger partial charge in [-0.2, -0.15) is 0 Å². The number of aromatic nitrogens is 3. The minimum Gasteiger partial charge on any atom is -0.348 e. The van der Waals surface area contributed by atoms with Gasteiger partial charge >= 0.3 is 0 Å². The monoisotopic (exact) mass is 393 g/mol. The number of carbonyl (C=O) groups is 1. The van der Waals surface area contributed by atoms with Gasteiger partial charge in [0.25, 0.3) is 0 Å². The van der Waals surface area contributed by atoms with Crippen LogP contribution in [-0.4, -0.2) is 33.1 Å². The number of hydrogen-bond donors (Lipinski definition) is 1. The van der Waals surface area contributed by atoms with E-state index in [2.05, 4.69) is 15.4 Å². The Balaban J connectivity index is 1.33. The topological polar surface area (TPSA) is 62.5 Å². The van der Waals surface area contributed by atoms with Gasteiger partial charge in [0.05, 0.1) is 11.9 Å². The van der Waals surface area contributed by atoms with E-state index >= 15 is 0 Å². The molecule has 2 aromatic heterocycles. The number of rotatable bonds is 4. The summed E-state index contributed by atoms with van der Waals surface area (Å²) in [6, 6.07) is 15.6. The molecule has 1 amide bonds. The maximum atomic E-state index is 13.1. The summed E-state index contributed by atoms with van der Waals surface area (Å²) in [6.45, 7) is 0.678. The second-order valence-electron chi connectivity index (χ2n) is 6.58. The molecule has 2 aromatic carbocycles. The zero-order valence-corrected chi connectivity index (χ0v) is 15.6. The van der Waals surface area contributed by atoms with Gasteiger partial charge in [0, 0.05) is 17.8 Å². The Morgan fingerprint density at radius 3 is 2.64 bits per heavy atom. The molecule has 1 saturated heterocycles. The van der Waals surface area contributed by atoms with E-state index in [0.717, 1.165) is 23.4 Å². The second-order valence-corrected chi connectivity index (χ2v) is 7.53. The largest absolute Gasteiger partial charge is 0.348 e. The van der Waals surface area contributed by atoms with Gasteiger partial charge in [-0.15, -0.1) is 5.10 Å². The van der Waals surface area contributed by atoms with Crippen molar-refractivity contribution < 1.29 is 9.18 Å². The first-order valence-electron chi connectivity index (χ1n) is 8.92. The van der Waals surface area contributed by atoms with Crippen LogP contribution in [0.5, 0.6) is 0 Å². The number of nitrogens with one attached hydrogen (secondary N) is 1. The van der Waals surface area contributed by atoms with Crippen LogP contribution in [0.25, 0.3) is 16.2 Å². The number of halogens is 1. The highest BCUT2D eigenvalue weighted by atomic mass is 32.1. The predicted octanol–water partition coefficient (Wildman–Crippen LogP) is 3.81. The predicted molar refractivity (Wildman–Crippen MR) is 107 cm³/mol. The number of imidazole rings is 1. The summed E-state index contributed by atoms with van der Waals surface area (Å²) in [4.78, 5) is 19.8. The number of nitrogens with zero attached hydrogens (tertiary/aromatic N) is 4. The maximum absolute atomic E-state index is 13.1. The molecule has 28 heavy (non-hydrogen) atoms. The molecular weight excluding hydrogens is 377 g/mol. The zero-order valence-electron chi connectivity index (χ0n) is 14.7. The van der Waals surface area contributed by atoms with Crippen LogP contribution in [-0.2, 0) is 4.79 Å². The fraction of sp³-hybridized carbons (Fsp3) is 0.150. The molecule has 1 aliphatic rings. The van der Waals surface area contributed by atoms with Crippen LogP contribution in [0.4, 0.5) is 15.2 Å². The average molecular weight is 393 g/mol. The first kappa shape index (κ1) is 16.9. The van der Waals surface area contributed by atoms with E-state index in [4.69, 9.17) is 0 Å².